The maximum Gasteiger partial charge on any atom is 0.259 e. The van der Waals surface area contributed by atoms with Crippen molar-refractivity contribution in [3.8, 4) is 5.82 Å². The van der Waals surface area contributed by atoms with Crippen LogP contribution in [0.15, 0.2) is 36.7 Å². The monoisotopic (exact) mass is 417 g/mol. The quantitative estimate of drug-likeness (QED) is 0.670. The van der Waals surface area contributed by atoms with Crippen molar-refractivity contribution >= 4 is 34.8 Å². The molecule has 0 atom stereocenters. The van der Waals surface area contributed by atoms with Gasteiger partial charge in [0, 0.05) is 28.7 Å². The van der Waals surface area contributed by atoms with E-state index in [-0.39, 0.29) is 18.3 Å². The lowest BCUT2D eigenvalue weighted by Crippen LogP contribution is -2.26. The smallest absolute Gasteiger partial charge is 0.259 e. The average molecular weight is 418 g/mol. The first kappa shape index (κ1) is 20.5. The van der Waals surface area contributed by atoms with Crippen molar-refractivity contribution in [2.24, 2.45) is 0 Å². The number of carbonyl (C=O) groups is 1. The Morgan fingerprint density at radius 2 is 2.04 bits per heavy atom. The van der Waals surface area contributed by atoms with E-state index in [4.69, 9.17) is 0 Å². The van der Waals surface area contributed by atoms with Crippen LogP contribution in [0.25, 0.3) is 5.82 Å². The molecule has 4 rings (SSSR count). The summed E-state index contributed by atoms with van der Waals surface area (Å²) in [4.78, 5) is 22.9. The molecule has 0 aliphatic carbocycles. The SMILES string of the molecule is Cc1cc(C(=O)Nc2ncc(C3CCNCC3)s2)c(C)n1-c1ccccn1.Cl. The number of hydrogen-bond donors (Lipinski definition) is 2. The van der Waals surface area contributed by atoms with Gasteiger partial charge < -0.3 is 9.88 Å². The van der Waals surface area contributed by atoms with Crippen molar-refractivity contribution < 1.29 is 4.79 Å². The standard InChI is InChI=1S/C20H23N5OS.ClH/c1-13-11-16(14(2)25(13)18-5-3-4-8-22-18)19(26)24-20-23-12-17(27-20)15-6-9-21-10-7-15;/h3-5,8,11-12,15,21H,6-7,9-10H2,1-2H3,(H,23,24,26);1H. The van der Waals surface area contributed by atoms with E-state index in [1.165, 1.54) is 4.88 Å². The van der Waals surface area contributed by atoms with E-state index in [0.29, 0.717) is 16.6 Å². The molecule has 1 aliphatic rings. The van der Waals surface area contributed by atoms with E-state index in [9.17, 15) is 4.79 Å². The van der Waals surface area contributed by atoms with E-state index in [2.05, 4.69) is 20.6 Å². The van der Waals surface area contributed by atoms with Gasteiger partial charge in [-0.15, -0.1) is 23.7 Å². The second-order valence-corrected chi connectivity index (χ2v) is 7.92. The summed E-state index contributed by atoms with van der Waals surface area (Å²) < 4.78 is 2.00. The third-order valence-electron chi connectivity index (χ3n) is 5.04. The summed E-state index contributed by atoms with van der Waals surface area (Å²) in [6.07, 6.45) is 5.92. The number of piperidine rings is 1. The number of halogens is 1. The van der Waals surface area contributed by atoms with Crippen LogP contribution < -0.4 is 10.6 Å². The number of thiazole rings is 1. The molecule has 28 heavy (non-hydrogen) atoms. The van der Waals surface area contributed by atoms with Gasteiger partial charge in [0.15, 0.2) is 5.13 Å². The number of nitrogens with one attached hydrogen (secondary N) is 2. The van der Waals surface area contributed by atoms with Crippen LogP contribution in [-0.4, -0.2) is 33.5 Å². The molecule has 148 valence electrons. The molecule has 3 aromatic heterocycles. The van der Waals surface area contributed by atoms with Gasteiger partial charge in [0.05, 0.1) is 5.56 Å². The van der Waals surface area contributed by atoms with Crippen molar-refractivity contribution in [3.63, 3.8) is 0 Å². The van der Waals surface area contributed by atoms with Crippen LogP contribution in [0.4, 0.5) is 5.13 Å². The van der Waals surface area contributed by atoms with E-state index < -0.39 is 0 Å². The maximum absolute atomic E-state index is 12.8. The summed E-state index contributed by atoms with van der Waals surface area (Å²) in [5.74, 6) is 1.23. The molecule has 4 heterocycles. The molecule has 1 amide bonds. The number of carbonyl (C=O) groups excluding carboxylic acids is 1. The van der Waals surface area contributed by atoms with Crippen LogP contribution in [0.3, 0.4) is 0 Å². The Labute approximate surface area is 174 Å². The minimum Gasteiger partial charge on any atom is -0.317 e. The van der Waals surface area contributed by atoms with Gasteiger partial charge >= 0.3 is 0 Å². The molecule has 0 saturated carbocycles. The fourth-order valence-electron chi connectivity index (χ4n) is 3.64. The minimum absolute atomic E-state index is 0. The molecule has 1 saturated heterocycles. The number of hydrogen-bond acceptors (Lipinski definition) is 5. The lowest BCUT2D eigenvalue weighted by molar-refractivity contribution is 0.102. The highest BCUT2D eigenvalue weighted by molar-refractivity contribution is 7.15. The highest BCUT2D eigenvalue weighted by Crippen LogP contribution is 2.32. The summed E-state index contributed by atoms with van der Waals surface area (Å²) in [5.41, 5.74) is 2.50. The Hall–Kier alpha value is -2.22. The van der Waals surface area contributed by atoms with Gasteiger partial charge in [0.1, 0.15) is 5.82 Å². The number of aryl methyl sites for hydroxylation is 1. The fraction of sp³-hybridized carbons (Fsp3) is 0.350. The van der Waals surface area contributed by atoms with Gasteiger partial charge in [-0.3, -0.25) is 10.1 Å². The van der Waals surface area contributed by atoms with Crippen LogP contribution in [0.5, 0.6) is 0 Å². The largest absolute Gasteiger partial charge is 0.317 e. The predicted molar refractivity (Wildman–Crippen MR) is 115 cm³/mol. The fourth-order valence-corrected chi connectivity index (χ4v) is 4.62. The number of rotatable bonds is 4. The van der Waals surface area contributed by atoms with Crippen molar-refractivity contribution in [1.29, 1.82) is 0 Å². The molecule has 0 unspecified atom stereocenters. The van der Waals surface area contributed by atoms with Gasteiger partial charge in [-0.1, -0.05) is 6.07 Å². The highest BCUT2D eigenvalue weighted by atomic mass is 35.5. The summed E-state index contributed by atoms with van der Waals surface area (Å²) >= 11 is 1.59. The van der Waals surface area contributed by atoms with Gasteiger partial charge in [-0.05, 0) is 63.9 Å². The Morgan fingerprint density at radius 1 is 1.25 bits per heavy atom. The van der Waals surface area contributed by atoms with Crippen molar-refractivity contribution in [2.75, 3.05) is 18.4 Å². The number of aromatic nitrogens is 3. The Morgan fingerprint density at radius 3 is 2.75 bits per heavy atom. The zero-order chi connectivity index (χ0) is 18.8. The number of anilines is 1. The predicted octanol–water partition coefficient (Wildman–Crippen LogP) is 4.09. The summed E-state index contributed by atoms with van der Waals surface area (Å²) in [7, 11) is 0. The first-order valence-electron chi connectivity index (χ1n) is 9.21. The topological polar surface area (TPSA) is 71.8 Å². The molecule has 6 nitrogen and oxygen atoms in total. The zero-order valence-corrected chi connectivity index (χ0v) is 17.6. The van der Waals surface area contributed by atoms with Gasteiger partial charge in [0.25, 0.3) is 5.91 Å². The molecule has 0 aromatic carbocycles. The molecule has 2 N–H and O–H groups in total. The van der Waals surface area contributed by atoms with Gasteiger partial charge in [-0.25, -0.2) is 9.97 Å². The van der Waals surface area contributed by atoms with Crippen LogP contribution in [0.2, 0.25) is 0 Å². The normalized spacial score (nSPS) is 14.5. The maximum atomic E-state index is 12.8. The third-order valence-corrected chi connectivity index (χ3v) is 6.11. The Kier molecular flexibility index (Phi) is 6.49. The molecule has 8 heteroatoms. The molecular weight excluding hydrogens is 394 g/mol. The number of pyridine rings is 1. The van der Waals surface area contributed by atoms with Crippen LogP contribution in [-0.2, 0) is 0 Å². The van der Waals surface area contributed by atoms with Crippen molar-refractivity contribution in [3.05, 3.63) is 58.5 Å². The summed E-state index contributed by atoms with van der Waals surface area (Å²) in [6, 6.07) is 7.67. The lowest BCUT2D eigenvalue weighted by Gasteiger charge is -2.20. The number of nitrogens with zero attached hydrogens (tertiary/aromatic N) is 3. The van der Waals surface area contributed by atoms with Crippen LogP contribution in [0.1, 0.15) is 45.4 Å². The summed E-state index contributed by atoms with van der Waals surface area (Å²) in [5, 5.41) is 7.01. The van der Waals surface area contributed by atoms with Crippen LogP contribution >= 0.6 is 23.7 Å². The van der Waals surface area contributed by atoms with Crippen molar-refractivity contribution in [1.82, 2.24) is 19.9 Å². The highest BCUT2D eigenvalue weighted by Gasteiger charge is 2.21. The molecule has 1 fully saturated rings. The van der Waals surface area contributed by atoms with Gasteiger partial charge in [0.2, 0.25) is 0 Å². The van der Waals surface area contributed by atoms with Gasteiger partial charge in [-0.2, -0.15) is 0 Å². The third kappa shape index (κ3) is 4.11. The molecule has 1 aliphatic heterocycles. The molecular formula is C20H24ClN5OS. The van der Waals surface area contributed by atoms with Crippen LogP contribution in [0, 0.1) is 13.8 Å². The Balaban J connectivity index is 0.00000225. The molecule has 0 spiro atoms. The van der Waals surface area contributed by atoms with E-state index in [1.54, 1.807) is 17.5 Å². The second kappa shape index (κ2) is 8.86. The Bertz CT molecular complexity index is 947. The van der Waals surface area contributed by atoms with E-state index in [0.717, 1.165) is 43.1 Å². The first-order valence-corrected chi connectivity index (χ1v) is 10.0. The second-order valence-electron chi connectivity index (χ2n) is 6.85. The molecule has 0 bridgehead atoms. The zero-order valence-electron chi connectivity index (χ0n) is 15.9. The van der Waals surface area contributed by atoms with E-state index >= 15 is 0 Å². The van der Waals surface area contributed by atoms with Crippen molar-refractivity contribution in [2.45, 2.75) is 32.6 Å². The van der Waals surface area contributed by atoms with E-state index in [1.807, 2.05) is 48.9 Å². The minimum atomic E-state index is -0.128. The average Bonchev–Trinajstić information content (AvgIpc) is 3.27. The lowest BCUT2D eigenvalue weighted by atomic mass is 9.97. The number of amides is 1. The first-order chi connectivity index (χ1) is 13.1. The summed E-state index contributed by atoms with van der Waals surface area (Å²) in [6.45, 7) is 6.02. The molecule has 3 aromatic rings. The molecule has 0 radical (unpaired) electrons.